The van der Waals surface area contributed by atoms with Crippen molar-refractivity contribution in [1.82, 2.24) is 9.97 Å². The van der Waals surface area contributed by atoms with Gasteiger partial charge < -0.3 is 14.4 Å². The van der Waals surface area contributed by atoms with Gasteiger partial charge in [-0.3, -0.25) is 0 Å². The minimum Gasteiger partial charge on any atom is -0.501 e. The Balaban J connectivity index is 0.000000203. The van der Waals surface area contributed by atoms with E-state index in [9.17, 15) is 0 Å². The van der Waals surface area contributed by atoms with E-state index in [1.807, 2.05) is 52.8 Å². The molecule has 0 aliphatic heterocycles. The van der Waals surface area contributed by atoms with Crippen molar-refractivity contribution in [1.29, 1.82) is 0 Å². The molecule has 253 valence electrons. The number of rotatable bonds is 5. The smallest absolute Gasteiger partial charge is 0.121 e. The summed E-state index contributed by atoms with van der Waals surface area (Å²) in [6.45, 7) is 7.18. The van der Waals surface area contributed by atoms with Gasteiger partial charge in [0, 0.05) is 47.5 Å². The number of furan rings is 1. The molecule has 3 aromatic heterocycles. The fourth-order valence-corrected chi connectivity index (χ4v) is 6.07. The maximum Gasteiger partial charge on any atom is 0.121 e. The van der Waals surface area contributed by atoms with E-state index in [1.54, 1.807) is 36.5 Å². The van der Waals surface area contributed by atoms with E-state index < -0.39 is 25.0 Å². The first kappa shape index (κ1) is 27.1. The van der Waals surface area contributed by atoms with Gasteiger partial charge in [-0.15, -0.1) is 53.6 Å². The van der Waals surface area contributed by atoms with Crippen molar-refractivity contribution in [3.05, 3.63) is 144 Å². The van der Waals surface area contributed by atoms with Crippen LogP contribution in [0.1, 0.15) is 60.9 Å². The number of hydrogen-bond acceptors (Lipinski definition) is 3. The van der Waals surface area contributed by atoms with E-state index in [4.69, 9.17) is 14.0 Å². The Morgan fingerprint density at radius 2 is 1.62 bits per heavy atom. The van der Waals surface area contributed by atoms with E-state index in [0.29, 0.717) is 28.1 Å². The molecule has 0 N–H and O–H groups in total. The molecule has 8 aromatic rings. The van der Waals surface area contributed by atoms with Crippen LogP contribution in [0.5, 0.6) is 0 Å². The second-order valence-electron chi connectivity index (χ2n) is 13.6. The third-order valence-corrected chi connectivity index (χ3v) is 8.14. The fourth-order valence-electron chi connectivity index (χ4n) is 6.07. The van der Waals surface area contributed by atoms with Gasteiger partial charge in [0.1, 0.15) is 5.58 Å². The van der Waals surface area contributed by atoms with E-state index >= 15 is 0 Å². The van der Waals surface area contributed by atoms with Crippen molar-refractivity contribution in [3.63, 3.8) is 0 Å². The Morgan fingerprint density at radius 1 is 0.780 bits per heavy atom. The molecule has 5 aromatic carbocycles. The van der Waals surface area contributed by atoms with Gasteiger partial charge >= 0.3 is 0 Å². The minimum atomic E-state index is -2.14. The zero-order valence-corrected chi connectivity index (χ0v) is 31.1. The van der Waals surface area contributed by atoms with Crippen LogP contribution in [0.25, 0.3) is 66.0 Å². The molecule has 0 saturated heterocycles. The molecular weight excluding hydrogens is 789 g/mol. The largest absolute Gasteiger partial charge is 0.501 e. The van der Waals surface area contributed by atoms with Crippen LogP contribution >= 0.6 is 0 Å². The summed E-state index contributed by atoms with van der Waals surface area (Å²) in [7, 11) is 0. The Labute approximate surface area is 319 Å². The minimum absolute atomic E-state index is 0. The third kappa shape index (κ3) is 7.73. The number of pyridine rings is 2. The molecule has 0 spiro atoms. The molecule has 0 atom stereocenters. The topological polar surface area (TPSA) is 38.9 Å². The number of fused-ring (bicyclic) bond motifs is 6. The van der Waals surface area contributed by atoms with E-state index in [1.165, 1.54) is 28.4 Å². The summed E-state index contributed by atoms with van der Waals surface area (Å²) in [6.07, 6.45) is 0.262. The van der Waals surface area contributed by atoms with Crippen molar-refractivity contribution in [2.75, 3.05) is 0 Å². The fraction of sp³-hybridized carbons (Fsp3) is 0.217. The molecule has 0 saturated carbocycles. The van der Waals surface area contributed by atoms with Crippen molar-refractivity contribution >= 4 is 43.5 Å². The van der Waals surface area contributed by atoms with Crippen LogP contribution in [0.3, 0.4) is 0 Å². The molecule has 50 heavy (non-hydrogen) atoms. The summed E-state index contributed by atoms with van der Waals surface area (Å²) in [5.41, 5.74) is 5.11. The Morgan fingerprint density at radius 3 is 2.36 bits per heavy atom. The van der Waals surface area contributed by atoms with E-state index in [0.717, 1.165) is 32.9 Å². The first-order chi connectivity index (χ1) is 26.4. The average molecular weight is 838 g/mol. The monoisotopic (exact) mass is 838 g/mol. The third-order valence-electron chi connectivity index (χ3n) is 8.14. The van der Waals surface area contributed by atoms with Crippen molar-refractivity contribution in [3.8, 4) is 22.5 Å². The van der Waals surface area contributed by atoms with Gasteiger partial charge in [-0.2, -0.15) is 0 Å². The Bertz CT molecular complexity index is 2700. The maximum absolute atomic E-state index is 8.49. The van der Waals surface area contributed by atoms with Crippen LogP contribution in [0, 0.1) is 30.3 Å². The van der Waals surface area contributed by atoms with Gasteiger partial charge in [0.15, 0.2) is 0 Å². The SMILES string of the molecule is [2H]C([2H])([2H])c1c[c-]c(-c2ccc(C([2H])([2H])C(C)(C)C)cn2)cc1.[2H]C([2H])(c1ccnc(-c2[c-]ccc3c2oc2cc4c(ccc5ccccc54)cc23)c1)C(C)C.[Ir]. The van der Waals surface area contributed by atoms with Crippen molar-refractivity contribution in [2.45, 2.75) is 54.2 Å². The predicted molar refractivity (Wildman–Crippen MR) is 206 cm³/mol. The molecular formula is C46H42IrN2O-2. The first-order valence-corrected chi connectivity index (χ1v) is 16.5. The molecule has 0 unspecified atom stereocenters. The molecule has 0 bridgehead atoms. The molecule has 0 aliphatic rings. The summed E-state index contributed by atoms with van der Waals surface area (Å²) >= 11 is 0. The zero-order valence-electron chi connectivity index (χ0n) is 35.7. The molecule has 4 heteroatoms. The summed E-state index contributed by atoms with van der Waals surface area (Å²) in [5, 5.41) is 6.80. The average Bonchev–Trinajstić information content (AvgIpc) is 3.54. The number of hydrogen-bond donors (Lipinski definition) is 0. The van der Waals surface area contributed by atoms with Gasteiger partial charge in [0.05, 0.1) is 5.58 Å². The Hall–Kier alpha value is -4.63. The normalized spacial score (nSPS) is 14.5. The molecule has 0 amide bonds. The van der Waals surface area contributed by atoms with Crippen LogP contribution < -0.4 is 0 Å². The molecule has 1 radical (unpaired) electrons. The second-order valence-corrected chi connectivity index (χ2v) is 13.6. The van der Waals surface area contributed by atoms with Gasteiger partial charge in [0.2, 0.25) is 0 Å². The quantitative estimate of drug-likeness (QED) is 0.128. The number of benzene rings is 5. The summed E-state index contributed by atoms with van der Waals surface area (Å²) in [6, 6.07) is 38.8. The zero-order chi connectivity index (χ0) is 40.2. The van der Waals surface area contributed by atoms with Crippen LogP contribution in [-0.4, -0.2) is 9.97 Å². The van der Waals surface area contributed by atoms with Gasteiger partial charge in [0.25, 0.3) is 0 Å². The summed E-state index contributed by atoms with van der Waals surface area (Å²) < 4.78 is 61.9. The van der Waals surface area contributed by atoms with Crippen LogP contribution in [0.4, 0.5) is 0 Å². The molecule has 3 heterocycles. The Kier molecular flexibility index (Phi) is 7.97. The number of aromatic nitrogens is 2. The predicted octanol–water partition coefficient (Wildman–Crippen LogP) is 12.4. The van der Waals surface area contributed by atoms with Gasteiger partial charge in [-0.1, -0.05) is 113 Å². The standard InChI is InChI=1S/C29H22NO.C17H20N.Ir/c1-18(2)14-19-12-13-30-27(15-19)24-9-5-8-23-26-16-21-11-10-20-6-3-4-7-22(20)25(21)17-28(26)31-29(23)24;1-13-5-8-15(9-6-13)16-10-7-14(12-18-16)11-17(2,3)4;/h3-8,10-13,15-18H,14H2,1-2H3;5-8,10,12H,11H2,1-4H3;/q2*-1;/i14D2;1D3,11D2;. The second kappa shape index (κ2) is 14.7. The van der Waals surface area contributed by atoms with Gasteiger partial charge in [-0.05, 0) is 80.8 Å². The van der Waals surface area contributed by atoms with Crippen molar-refractivity contribution < 1.29 is 34.1 Å². The number of aryl methyl sites for hydroxylation is 1. The number of nitrogens with zero attached hydrogens (tertiary/aromatic N) is 2. The maximum atomic E-state index is 8.49. The summed E-state index contributed by atoms with van der Waals surface area (Å²) in [5.74, 6) is -0.152. The summed E-state index contributed by atoms with van der Waals surface area (Å²) in [4.78, 5) is 8.85. The van der Waals surface area contributed by atoms with Gasteiger partial charge in [-0.25, -0.2) is 0 Å². The van der Waals surface area contributed by atoms with E-state index in [2.05, 4.69) is 70.6 Å². The molecule has 0 fully saturated rings. The molecule has 8 rings (SSSR count). The van der Waals surface area contributed by atoms with Crippen LogP contribution in [-0.2, 0) is 32.9 Å². The molecule has 3 nitrogen and oxygen atoms in total. The van der Waals surface area contributed by atoms with Crippen LogP contribution in [0.2, 0.25) is 0 Å². The van der Waals surface area contributed by atoms with Crippen LogP contribution in [0.15, 0.2) is 120 Å². The first-order valence-electron chi connectivity index (χ1n) is 20.0. The molecule has 0 aliphatic carbocycles. The van der Waals surface area contributed by atoms with E-state index in [-0.39, 0.29) is 31.6 Å². The van der Waals surface area contributed by atoms with Crippen molar-refractivity contribution in [2.24, 2.45) is 11.3 Å².